The van der Waals surface area contributed by atoms with Crippen LogP contribution >= 0.6 is 0 Å². The highest BCUT2D eigenvalue weighted by molar-refractivity contribution is 5.98. The van der Waals surface area contributed by atoms with Crippen LogP contribution in [0.2, 0.25) is 0 Å². The van der Waals surface area contributed by atoms with E-state index in [0.29, 0.717) is 0 Å². The monoisotopic (exact) mass is 598 g/mol. The number of hydrogen-bond donors (Lipinski definition) is 0. The molecule has 1 aliphatic carbocycles. The summed E-state index contributed by atoms with van der Waals surface area (Å²) in [6.45, 7) is 4.75. The minimum Gasteiger partial charge on any atom is -0.0616 e. The van der Waals surface area contributed by atoms with Gasteiger partial charge in [-0.05, 0) is 100 Å². The molecule has 0 unspecified atom stereocenters. The highest BCUT2D eigenvalue weighted by atomic mass is 14.4. The lowest BCUT2D eigenvalue weighted by molar-refractivity contribution is 0.661. The van der Waals surface area contributed by atoms with E-state index in [-0.39, 0.29) is 5.41 Å². The third kappa shape index (κ3) is 4.52. The summed E-state index contributed by atoms with van der Waals surface area (Å²) in [7, 11) is 0. The van der Waals surface area contributed by atoms with Crippen LogP contribution in [0.5, 0.6) is 0 Å². The molecule has 0 aliphatic heterocycles. The van der Waals surface area contributed by atoms with Gasteiger partial charge in [-0.25, -0.2) is 0 Å². The standard InChI is InChI=1S/C47H34/c1-47(2)45-29-37(31-17-21-35(22-18-31)41-15-7-11-33-9-3-5-13-39(33)41)25-27-43(45)44-28-26-38(30-46(44)47)32-19-23-36(24-20-32)42-16-8-12-34-10-4-6-14-40(34)42/h3-30H,1-2H3. The van der Waals surface area contributed by atoms with E-state index in [1.165, 1.54) is 88.3 Å². The average molecular weight is 599 g/mol. The molecule has 0 radical (unpaired) electrons. The molecule has 0 N–H and O–H groups in total. The molecule has 8 aromatic carbocycles. The van der Waals surface area contributed by atoms with Crippen molar-refractivity contribution in [3.8, 4) is 55.6 Å². The van der Waals surface area contributed by atoms with Crippen LogP contribution < -0.4 is 0 Å². The van der Waals surface area contributed by atoms with Crippen molar-refractivity contribution in [3.63, 3.8) is 0 Å². The van der Waals surface area contributed by atoms with Crippen molar-refractivity contribution in [1.82, 2.24) is 0 Å². The van der Waals surface area contributed by atoms with E-state index >= 15 is 0 Å². The lowest BCUT2D eigenvalue weighted by atomic mass is 9.80. The van der Waals surface area contributed by atoms with E-state index in [1.54, 1.807) is 0 Å². The van der Waals surface area contributed by atoms with E-state index in [1.807, 2.05) is 0 Å². The first-order valence-electron chi connectivity index (χ1n) is 16.5. The van der Waals surface area contributed by atoms with Gasteiger partial charge < -0.3 is 0 Å². The van der Waals surface area contributed by atoms with Gasteiger partial charge in [0.1, 0.15) is 0 Å². The van der Waals surface area contributed by atoms with Gasteiger partial charge in [0.2, 0.25) is 0 Å². The van der Waals surface area contributed by atoms with E-state index in [0.717, 1.165) is 0 Å². The van der Waals surface area contributed by atoms with Gasteiger partial charge in [-0.3, -0.25) is 0 Å². The fourth-order valence-corrected chi connectivity index (χ4v) is 7.74. The Balaban J connectivity index is 1.02. The first-order chi connectivity index (χ1) is 23.0. The van der Waals surface area contributed by atoms with Crippen LogP contribution in [0.3, 0.4) is 0 Å². The molecule has 9 rings (SSSR count). The Labute approximate surface area is 276 Å². The maximum absolute atomic E-state index is 2.42. The summed E-state index contributed by atoms with van der Waals surface area (Å²) in [4.78, 5) is 0. The molecule has 8 aromatic rings. The van der Waals surface area contributed by atoms with Gasteiger partial charge >= 0.3 is 0 Å². The van der Waals surface area contributed by atoms with Crippen LogP contribution in [0, 0.1) is 0 Å². The highest BCUT2D eigenvalue weighted by Crippen LogP contribution is 2.50. The summed E-state index contributed by atoms with van der Waals surface area (Å²) in [5, 5.41) is 5.13. The zero-order valence-corrected chi connectivity index (χ0v) is 26.7. The van der Waals surface area contributed by atoms with Gasteiger partial charge in [0.05, 0.1) is 0 Å². The smallest absolute Gasteiger partial charge is 0.0159 e. The molecule has 0 aromatic heterocycles. The molecule has 222 valence electrons. The fraction of sp³-hybridized carbons (Fsp3) is 0.0638. The molecule has 1 aliphatic rings. The van der Waals surface area contributed by atoms with Crippen molar-refractivity contribution in [1.29, 1.82) is 0 Å². The molecule has 0 heterocycles. The molecular weight excluding hydrogens is 565 g/mol. The van der Waals surface area contributed by atoms with Crippen molar-refractivity contribution in [3.05, 3.63) is 181 Å². The van der Waals surface area contributed by atoms with Gasteiger partial charge in [-0.15, -0.1) is 0 Å². The minimum atomic E-state index is -0.0948. The quantitative estimate of drug-likeness (QED) is 0.189. The third-order valence-electron chi connectivity index (χ3n) is 10.3. The van der Waals surface area contributed by atoms with Gasteiger partial charge in [-0.1, -0.05) is 172 Å². The van der Waals surface area contributed by atoms with Crippen LogP contribution in [-0.2, 0) is 5.41 Å². The number of benzene rings is 8. The summed E-state index contributed by atoms with van der Waals surface area (Å²) in [6.07, 6.45) is 0. The molecule has 0 fully saturated rings. The highest BCUT2D eigenvalue weighted by Gasteiger charge is 2.35. The van der Waals surface area contributed by atoms with Gasteiger partial charge in [0.25, 0.3) is 0 Å². The maximum atomic E-state index is 2.42. The summed E-state index contributed by atoms with van der Waals surface area (Å²) < 4.78 is 0. The Bertz CT molecular complexity index is 2270. The minimum absolute atomic E-state index is 0.0948. The van der Waals surface area contributed by atoms with Crippen molar-refractivity contribution in [2.75, 3.05) is 0 Å². The predicted octanol–water partition coefficient (Wildman–Crippen LogP) is 13.0. The van der Waals surface area contributed by atoms with Gasteiger partial charge in [0.15, 0.2) is 0 Å². The summed E-state index contributed by atoms with van der Waals surface area (Å²) in [5.74, 6) is 0. The molecule has 0 atom stereocenters. The SMILES string of the molecule is CC1(C)c2cc(-c3ccc(-c4cccc5ccccc45)cc3)ccc2-c2ccc(-c3ccc(-c4cccc5ccccc45)cc3)cc21. The lowest BCUT2D eigenvalue weighted by Gasteiger charge is -2.22. The van der Waals surface area contributed by atoms with Crippen LogP contribution in [0.25, 0.3) is 77.2 Å². The molecule has 0 spiro atoms. The second-order valence-electron chi connectivity index (χ2n) is 13.4. The van der Waals surface area contributed by atoms with Crippen LogP contribution in [0.4, 0.5) is 0 Å². The largest absolute Gasteiger partial charge is 0.0616 e. The summed E-state index contributed by atoms with van der Waals surface area (Å²) in [6, 6.07) is 62.6. The Morgan fingerprint density at radius 3 is 1.11 bits per heavy atom. The molecule has 0 amide bonds. The molecule has 0 saturated heterocycles. The van der Waals surface area contributed by atoms with Crippen molar-refractivity contribution in [2.24, 2.45) is 0 Å². The molecule has 47 heavy (non-hydrogen) atoms. The zero-order chi connectivity index (χ0) is 31.5. The normalized spacial score (nSPS) is 13.1. The number of hydrogen-bond acceptors (Lipinski definition) is 0. The van der Waals surface area contributed by atoms with Crippen LogP contribution in [0.15, 0.2) is 170 Å². The van der Waals surface area contributed by atoms with E-state index in [2.05, 4.69) is 184 Å². The zero-order valence-electron chi connectivity index (χ0n) is 26.7. The van der Waals surface area contributed by atoms with Gasteiger partial charge in [0, 0.05) is 5.41 Å². The third-order valence-corrected chi connectivity index (χ3v) is 10.3. The predicted molar refractivity (Wildman–Crippen MR) is 201 cm³/mol. The molecule has 0 bridgehead atoms. The Morgan fingerprint density at radius 2 is 0.660 bits per heavy atom. The van der Waals surface area contributed by atoms with E-state index < -0.39 is 0 Å². The molecule has 0 saturated carbocycles. The molecule has 0 nitrogen and oxygen atoms in total. The fourth-order valence-electron chi connectivity index (χ4n) is 7.74. The van der Waals surface area contributed by atoms with Crippen molar-refractivity contribution in [2.45, 2.75) is 19.3 Å². The first kappa shape index (κ1) is 27.6. The van der Waals surface area contributed by atoms with Crippen LogP contribution in [0.1, 0.15) is 25.0 Å². The lowest BCUT2D eigenvalue weighted by Crippen LogP contribution is -2.15. The van der Waals surface area contributed by atoms with Gasteiger partial charge in [-0.2, -0.15) is 0 Å². The second kappa shape index (κ2) is 10.7. The number of rotatable bonds is 4. The average Bonchev–Trinajstić information content (AvgIpc) is 3.36. The van der Waals surface area contributed by atoms with Crippen molar-refractivity contribution < 1.29 is 0 Å². The summed E-state index contributed by atoms with van der Waals surface area (Å²) >= 11 is 0. The Morgan fingerprint density at radius 1 is 0.298 bits per heavy atom. The second-order valence-corrected chi connectivity index (χ2v) is 13.4. The van der Waals surface area contributed by atoms with Crippen molar-refractivity contribution >= 4 is 21.5 Å². The topological polar surface area (TPSA) is 0 Å². The Hall–Kier alpha value is -5.72. The molecule has 0 heteroatoms. The molecular formula is C47H34. The Kier molecular flexibility index (Phi) is 6.27. The summed E-state index contributed by atoms with van der Waals surface area (Å²) in [5.41, 5.74) is 15.5. The first-order valence-corrected chi connectivity index (χ1v) is 16.5. The van der Waals surface area contributed by atoms with E-state index in [9.17, 15) is 0 Å². The van der Waals surface area contributed by atoms with Crippen LogP contribution in [-0.4, -0.2) is 0 Å². The number of fused-ring (bicyclic) bond motifs is 5. The maximum Gasteiger partial charge on any atom is 0.0159 e. The van der Waals surface area contributed by atoms with E-state index in [4.69, 9.17) is 0 Å².